The van der Waals surface area contributed by atoms with E-state index in [1.165, 1.54) is 0 Å². The third-order valence-electron chi connectivity index (χ3n) is 3.55. The highest BCUT2D eigenvalue weighted by Crippen LogP contribution is 2.18. The second kappa shape index (κ2) is 8.34. The van der Waals surface area contributed by atoms with E-state index >= 15 is 0 Å². The molecule has 1 aromatic carbocycles. The molecule has 0 aliphatic carbocycles. The Hall–Kier alpha value is -1.14. The Balaban J connectivity index is 1.70. The van der Waals surface area contributed by atoms with E-state index in [1.807, 2.05) is 24.3 Å². The maximum atomic E-state index is 10.1. The number of ether oxygens (including phenoxy) is 3. The Labute approximate surface area is 126 Å². The quantitative estimate of drug-likeness (QED) is 0.821. The second-order valence-electron chi connectivity index (χ2n) is 5.42. The highest BCUT2D eigenvalue weighted by Gasteiger charge is 2.19. The Bertz CT molecular complexity index is 426. The number of aliphatic hydroxyl groups excluding tert-OH is 1. The van der Waals surface area contributed by atoms with Crippen LogP contribution in [0, 0.1) is 0 Å². The minimum absolute atomic E-state index is 0.237. The van der Waals surface area contributed by atoms with E-state index in [0.717, 1.165) is 31.0 Å². The zero-order valence-electron chi connectivity index (χ0n) is 12.8. The summed E-state index contributed by atoms with van der Waals surface area (Å²) in [7, 11) is 1.65. The molecule has 1 heterocycles. The number of rotatable bonds is 7. The van der Waals surface area contributed by atoms with Crippen molar-refractivity contribution in [3.8, 4) is 5.75 Å². The number of β-amino-alcohol motifs (C(OH)–C–C–N with tert-alkyl or cyclic N) is 1. The first kappa shape index (κ1) is 16.2. The minimum Gasteiger partial charge on any atom is -0.496 e. The molecular weight excluding hydrogens is 270 g/mol. The lowest BCUT2D eigenvalue weighted by Crippen LogP contribution is -2.45. The summed E-state index contributed by atoms with van der Waals surface area (Å²) in [6.45, 7) is 5.91. The van der Waals surface area contributed by atoms with E-state index < -0.39 is 6.10 Å². The first-order valence-corrected chi connectivity index (χ1v) is 7.40. The summed E-state index contributed by atoms with van der Waals surface area (Å²) in [5.74, 6) is 0.814. The SMILES string of the molecule is COc1ccccc1COC[C@@H](O)CN1CCO[C@H](C)C1. The maximum absolute atomic E-state index is 10.1. The number of aliphatic hydroxyl groups is 1. The molecule has 0 bridgehead atoms. The van der Waals surface area contributed by atoms with Gasteiger partial charge in [-0.1, -0.05) is 18.2 Å². The standard InChI is InChI=1S/C16H25NO4/c1-13-9-17(7-8-21-13)10-15(18)12-20-11-14-5-3-4-6-16(14)19-2/h3-6,13,15,18H,7-12H2,1-2H3/t13-,15+/m1/s1. The van der Waals surface area contributed by atoms with Crippen molar-refractivity contribution in [2.24, 2.45) is 0 Å². The molecule has 5 heteroatoms. The number of para-hydroxylation sites is 1. The van der Waals surface area contributed by atoms with Gasteiger partial charge in [0.25, 0.3) is 0 Å². The Kier molecular flexibility index (Phi) is 6.45. The van der Waals surface area contributed by atoms with E-state index in [0.29, 0.717) is 19.8 Å². The summed E-state index contributed by atoms with van der Waals surface area (Å²) in [4.78, 5) is 2.21. The van der Waals surface area contributed by atoms with Crippen LogP contribution in [0.3, 0.4) is 0 Å². The highest BCUT2D eigenvalue weighted by atomic mass is 16.5. The molecule has 1 saturated heterocycles. The van der Waals surface area contributed by atoms with Gasteiger partial charge in [-0.2, -0.15) is 0 Å². The van der Waals surface area contributed by atoms with Crippen molar-refractivity contribution in [2.45, 2.75) is 25.7 Å². The molecule has 21 heavy (non-hydrogen) atoms. The number of hydrogen-bond donors (Lipinski definition) is 1. The van der Waals surface area contributed by atoms with Crippen molar-refractivity contribution in [3.63, 3.8) is 0 Å². The van der Waals surface area contributed by atoms with Crippen molar-refractivity contribution in [1.29, 1.82) is 0 Å². The lowest BCUT2D eigenvalue weighted by Gasteiger charge is -2.32. The minimum atomic E-state index is -0.481. The smallest absolute Gasteiger partial charge is 0.124 e. The van der Waals surface area contributed by atoms with Crippen LogP contribution in [0.4, 0.5) is 0 Å². The van der Waals surface area contributed by atoms with E-state index in [-0.39, 0.29) is 6.10 Å². The van der Waals surface area contributed by atoms with Crippen LogP contribution in [0.15, 0.2) is 24.3 Å². The number of methoxy groups -OCH3 is 1. The third kappa shape index (κ3) is 5.28. The van der Waals surface area contributed by atoms with Crippen LogP contribution >= 0.6 is 0 Å². The normalized spacial score (nSPS) is 21.2. The second-order valence-corrected chi connectivity index (χ2v) is 5.42. The van der Waals surface area contributed by atoms with E-state index in [1.54, 1.807) is 7.11 Å². The van der Waals surface area contributed by atoms with Crippen LogP contribution in [0.2, 0.25) is 0 Å². The van der Waals surface area contributed by atoms with E-state index in [9.17, 15) is 5.11 Å². The fourth-order valence-corrected chi connectivity index (χ4v) is 2.53. The topological polar surface area (TPSA) is 51.2 Å². The molecule has 0 spiro atoms. The van der Waals surface area contributed by atoms with Crippen molar-refractivity contribution >= 4 is 0 Å². The van der Waals surface area contributed by atoms with E-state index in [4.69, 9.17) is 14.2 Å². The Morgan fingerprint density at radius 3 is 3.00 bits per heavy atom. The van der Waals surface area contributed by atoms with Crippen molar-refractivity contribution in [2.75, 3.05) is 40.0 Å². The molecule has 1 aliphatic heterocycles. The summed E-state index contributed by atoms with van der Waals surface area (Å²) in [5.41, 5.74) is 0.993. The fourth-order valence-electron chi connectivity index (χ4n) is 2.53. The molecule has 2 atom stereocenters. The number of benzene rings is 1. The largest absolute Gasteiger partial charge is 0.496 e. The van der Waals surface area contributed by atoms with Gasteiger partial charge in [0.1, 0.15) is 5.75 Å². The van der Waals surface area contributed by atoms with Gasteiger partial charge < -0.3 is 19.3 Å². The number of nitrogens with zero attached hydrogens (tertiary/aromatic N) is 1. The third-order valence-corrected chi connectivity index (χ3v) is 3.55. The van der Waals surface area contributed by atoms with Crippen LogP contribution in [0.1, 0.15) is 12.5 Å². The summed E-state index contributed by atoms with van der Waals surface area (Å²) < 4.78 is 16.4. The van der Waals surface area contributed by atoms with Gasteiger partial charge in [0.05, 0.1) is 39.1 Å². The first-order chi connectivity index (χ1) is 10.2. The lowest BCUT2D eigenvalue weighted by atomic mass is 10.2. The van der Waals surface area contributed by atoms with Gasteiger partial charge in [-0.25, -0.2) is 0 Å². The predicted molar refractivity (Wildman–Crippen MR) is 80.5 cm³/mol. The molecule has 0 saturated carbocycles. The molecule has 0 radical (unpaired) electrons. The van der Waals surface area contributed by atoms with Crippen LogP contribution in [0.5, 0.6) is 5.75 Å². The number of hydrogen-bond acceptors (Lipinski definition) is 5. The summed E-state index contributed by atoms with van der Waals surface area (Å²) in [6, 6.07) is 7.75. The molecule has 2 rings (SSSR count). The Morgan fingerprint density at radius 1 is 1.43 bits per heavy atom. The molecule has 0 amide bonds. The first-order valence-electron chi connectivity index (χ1n) is 7.40. The van der Waals surface area contributed by atoms with Crippen LogP contribution in [-0.2, 0) is 16.1 Å². The maximum Gasteiger partial charge on any atom is 0.124 e. The number of morpholine rings is 1. The van der Waals surface area contributed by atoms with Crippen molar-refractivity contribution in [3.05, 3.63) is 29.8 Å². The average molecular weight is 295 g/mol. The van der Waals surface area contributed by atoms with Crippen LogP contribution in [-0.4, -0.2) is 62.2 Å². The van der Waals surface area contributed by atoms with Gasteiger partial charge in [0.2, 0.25) is 0 Å². The zero-order valence-corrected chi connectivity index (χ0v) is 12.8. The van der Waals surface area contributed by atoms with Gasteiger partial charge in [0, 0.05) is 25.2 Å². The molecule has 1 fully saturated rings. The molecule has 1 aromatic rings. The van der Waals surface area contributed by atoms with Crippen LogP contribution in [0.25, 0.3) is 0 Å². The summed E-state index contributed by atoms with van der Waals surface area (Å²) in [6.07, 6.45) is -0.245. The molecule has 118 valence electrons. The molecule has 0 unspecified atom stereocenters. The van der Waals surface area contributed by atoms with E-state index in [2.05, 4.69) is 11.8 Å². The monoisotopic (exact) mass is 295 g/mol. The summed E-state index contributed by atoms with van der Waals surface area (Å²) >= 11 is 0. The zero-order chi connectivity index (χ0) is 15.1. The average Bonchev–Trinajstić information content (AvgIpc) is 2.47. The van der Waals surface area contributed by atoms with Gasteiger partial charge in [-0.15, -0.1) is 0 Å². The highest BCUT2D eigenvalue weighted by molar-refractivity contribution is 5.32. The van der Waals surface area contributed by atoms with Crippen molar-refractivity contribution in [1.82, 2.24) is 4.90 Å². The van der Waals surface area contributed by atoms with Gasteiger partial charge in [0.15, 0.2) is 0 Å². The Morgan fingerprint density at radius 2 is 2.24 bits per heavy atom. The molecule has 1 aliphatic rings. The predicted octanol–water partition coefficient (Wildman–Crippen LogP) is 1.29. The van der Waals surface area contributed by atoms with Crippen molar-refractivity contribution < 1.29 is 19.3 Å². The molecule has 0 aromatic heterocycles. The fraction of sp³-hybridized carbons (Fsp3) is 0.625. The molecule has 1 N–H and O–H groups in total. The van der Waals surface area contributed by atoms with Gasteiger partial charge in [-0.05, 0) is 13.0 Å². The lowest BCUT2D eigenvalue weighted by molar-refractivity contribution is -0.0456. The van der Waals surface area contributed by atoms with Gasteiger partial charge >= 0.3 is 0 Å². The van der Waals surface area contributed by atoms with Gasteiger partial charge in [-0.3, -0.25) is 4.90 Å². The molecule has 5 nitrogen and oxygen atoms in total. The summed E-state index contributed by atoms with van der Waals surface area (Å²) in [5, 5.41) is 10.1. The molecular formula is C16H25NO4. The van der Waals surface area contributed by atoms with Crippen LogP contribution < -0.4 is 4.74 Å².